The summed E-state index contributed by atoms with van der Waals surface area (Å²) < 4.78 is 56.5. The summed E-state index contributed by atoms with van der Waals surface area (Å²) in [6.45, 7) is 6.00. The number of carbonyl (C=O) groups excluding carboxylic acids is 1. The molecule has 31 heavy (non-hydrogen) atoms. The predicted octanol–water partition coefficient (Wildman–Crippen LogP) is 4.08. The molecule has 2 aromatic heterocycles. The van der Waals surface area contributed by atoms with E-state index in [0.29, 0.717) is 18.4 Å². The highest BCUT2D eigenvalue weighted by molar-refractivity contribution is 7.93. The Hall–Kier alpha value is -2.09. The van der Waals surface area contributed by atoms with Crippen LogP contribution in [0.15, 0.2) is 14.8 Å². The molecular weight excluding hydrogens is 455 g/mol. The van der Waals surface area contributed by atoms with Crippen LogP contribution in [0.4, 0.5) is 23.7 Å². The highest BCUT2D eigenvalue weighted by atomic mass is 32.2. The number of nitrogens with zero attached hydrogens (tertiary/aromatic N) is 3. The Bertz CT molecular complexity index is 1160. The highest BCUT2D eigenvalue weighted by Gasteiger charge is 2.39. The Balaban J connectivity index is 2.01. The molecule has 1 aliphatic carbocycles. The van der Waals surface area contributed by atoms with Gasteiger partial charge in [-0.25, -0.2) is 24.1 Å². The predicted molar refractivity (Wildman–Crippen MR) is 110 cm³/mol. The van der Waals surface area contributed by atoms with Gasteiger partial charge in [0.1, 0.15) is 20.5 Å². The van der Waals surface area contributed by atoms with Crippen LogP contribution >= 0.6 is 11.3 Å². The minimum Gasteiger partial charge on any atom is -0.383 e. The van der Waals surface area contributed by atoms with E-state index in [-0.39, 0.29) is 32.1 Å². The Kier molecular flexibility index (Phi) is 5.93. The van der Waals surface area contributed by atoms with E-state index in [2.05, 4.69) is 19.6 Å². The number of aromatic nitrogens is 2. The van der Waals surface area contributed by atoms with Gasteiger partial charge >= 0.3 is 12.2 Å². The second-order valence-electron chi connectivity index (χ2n) is 7.89. The molecule has 2 amide bonds. The van der Waals surface area contributed by atoms with Gasteiger partial charge in [0.15, 0.2) is 9.92 Å². The monoisotopic (exact) mass is 477 g/mol. The van der Waals surface area contributed by atoms with E-state index in [1.54, 1.807) is 0 Å². The summed E-state index contributed by atoms with van der Waals surface area (Å²) in [7, 11) is -3.73. The molecule has 8 nitrogen and oxygen atoms in total. The summed E-state index contributed by atoms with van der Waals surface area (Å²) in [5, 5.41) is 18.3. The molecule has 1 aliphatic rings. The number of thiazole rings is 1. The Morgan fingerprint density at radius 1 is 1.42 bits per heavy atom. The lowest BCUT2D eigenvalue weighted by Crippen LogP contribution is -2.20. The smallest absolute Gasteiger partial charge is 0.383 e. The van der Waals surface area contributed by atoms with Crippen LogP contribution in [0.1, 0.15) is 60.6 Å². The third-order valence-corrected chi connectivity index (χ3v) is 8.07. The number of urea groups is 1. The van der Waals surface area contributed by atoms with Crippen molar-refractivity contribution in [2.24, 2.45) is 9.50 Å². The molecule has 0 spiro atoms. The van der Waals surface area contributed by atoms with Crippen molar-refractivity contribution in [3.63, 3.8) is 0 Å². The zero-order valence-corrected chi connectivity index (χ0v) is 18.8. The largest absolute Gasteiger partial charge is 0.433 e. The van der Waals surface area contributed by atoms with Gasteiger partial charge in [-0.3, -0.25) is 0 Å². The number of nitrogens with two attached hydrogens (primary N) is 1. The van der Waals surface area contributed by atoms with Crippen molar-refractivity contribution in [1.82, 2.24) is 9.97 Å². The van der Waals surface area contributed by atoms with Crippen molar-refractivity contribution in [2.45, 2.75) is 62.4 Å². The fourth-order valence-corrected chi connectivity index (χ4v) is 5.44. The number of alkyl halides is 3. The maximum atomic E-state index is 13.4. The fraction of sp³-hybridized carbons (Fsp3) is 0.500. The van der Waals surface area contributed by atoms with Gasteiger partial charge in [-0.05, 0) is 39.5 Å². The van der Waals surface area contributed by atoms with E-state index in [9.17, 15) is 27.3 Å². The number of amides is 2. The SMILES string of the molecule is Cc1c(C(F)(F)F)nc2c(c1NC(=O)N=[S@@](N)(=O)c1cnc(C(C)(C)O)s1)C(C)CC2. The first-order valence-electron chi connectivity index (χ1n) is 9.26. The van der Waals surface area contributed by atoms with Crippen LogP contribution in [0.3, 0.4) is 0 Å². The summed E-state index contributed by atoms with van der Waals surface area (Å²) in [5.41, 5.74) is -1.88. The number of nitrogens with one attached hydrogen (secondary N) is 1. The van der Waals surface area contributed by atoms with E-state index in [1.165, 1.54) is 20.8 Å². The molecule has 2 heterocycles. The number of aryl methyl sites for hydroxylation is 1. The van der Waals surface area contributed by atoms with Gasteiger partial charge in [0.05, 0.1) is 11.9 Å². The molecule has 0 saturated heterocycles. The third kappa shape index (κ3) is 4.73. The fourth-order valence-electron chi connectivity index (χ4n) is 3.38. The third-order valence-electron chi connectivity index (χ3n) is 4.88. The quantitative estimate of drug-likeness (QED) is 0.613. The van der Waals surface area contributed by atoms with Gasteiger partial charge in [-0.15, -0.1) is 15.7 Å². The molecule has 4 N–H and O–H groups in total. The van der Waals surface area contributed by atoms with Crippen molar-refractivity contribution in [3.8, 4) is 0 Å². The standard InChI is InChI=1S/C18H22F3N5O3S2/c1-8-5-6-10-12(8)13(9(2)14(24-10)18(19,20)21)25-16(27)26-31(22,29)11-7-23-15(30-11)17(3,4)28/h7-8,28H,5-6H2,1-4H3,(H3,22,24,25,26,27,29)/t8?,31-/m1/s1. The van der Waals surface area contributed by atoms with Gasteiger partial charge in [-0.1, -0.05) is 6.92 Å². The molecule has 0 radical (unpaired) electrons. The molecule has 0 aliphatic heterocycles. The molecule has 1 unspecified atom stereocenters. The minimum absolute atomic E-state index is 0.0345. The number of hydrogen-bond acceptors (Lipinski definition) is 6. The number of anilines is 1. The Labute approximate surface area is 181 Å². The molecule has 3 rings (SSSR count). The summed E-state index contributed by atoms with van der Waals surface area (Å²) in [6.07, 6.45) is -2.60. The van der Waals surface area contributed by atoms with E-state index in [1.807, 2.05) is 6.92 Å². The van der Waals surface area contributed by atoms with Gasteiger partial charge in [0.2, 0.25) is 0 Å². The number of carbonyl (C=O) groups is 1. The first-order chi connectivity index (χ1) is 14.1. The maximum absolute atomic E-state index is 13.4. The number of rotatable bonds is 3. The minimum atomic E-state index is -4.70. The van der Waals surface area contributed by atoms with Crippen LogP contribution in [0.25, 0.3) is 0 Å². The Morgan fingerprint density at radius 2 is 2.06 bits per heavy atom. The number of fused-ring (bicyclic) bond motifs is 1. The van der Waals surface area contributed by atoms with Gasteiger partial charge in [0.25, 0.3) is 0 Å². The van der Waals surface area contributed by atoms with Crippen molar-refractivity contribution in [2.75, 3.05) is 5.32 Å². The van der Waals surface area contributed by atoms with Crippen LogP contribution < -0.4 is 10.5 Å². The van der Waals surface area contributed by atoms with Crippen LogP contribution in [0, 0.1) is 6.92 Å². The first-order valence-corrected chi connectivity index (χ1v) is 11.7. The lowest BCUT2D eigenvalue weighted by Gasteiger charge is -2.19. The highest BCUT2D eigenvalue weighted by Crippen LogP contribution is 2.43. The van der Waals surface area contributed by atoms with E-state index in [0.717, 1.165) is 17.5 Å². The van der Waals surface area contributed by atoms with Crippen molar-refractivity contribution >= 4 is 33.0 Å². The average molecular weight is 478 g/mol. The van der Waals surface area contributed by atoms with Gasteiger partial charge in [0, 0.05) is 16.8 Å². The second kappa shape index (κ2) is 7.80. The number of pyridine rings is 1. The summed E-state index contributed by atoms with van der Waals surface area (Å²) in [4.78, 5) is 20.2. The van der Waals surface area contributed by atoms with Crippen molar-refractivity contribution in [1.29, 1.82) is 0 Å². The average Bonchev–Trinajstić information content (AvgIpc) is 3.23. The molecule has 0 saturated carbocycles. The summed E-state index contributed by atoms with van der Waals surface area (Å²) in [6, 6.07) is -1.14. The normalized spacial score (nSPS) is 18.4. The topological polar surface area (TPSA) is 131 Å². The van der Waals surface area contributed by atoms with Crippen LogP contribution in [-0.4, -0.2) is 25.3 Å². The maximum Gasteiger partial charge on any atom is 0.433 e. The second-order valence-corrected chi connectivity index (χ2v) is 10.9. The molecule has 0 aromatic carbocycles. The number of aliphatic hydroxyl groups is 1. The van der Waals surface area contributed by atoms with Gasteiger partial charge in [-0.2, -0.15) is 13.2 Å². The van der Waals surface area contributed by atoms with Crippen LogP contribution in [-0.2, 0) is 28.1 Å². The molecule has 170 valence electrons. The molecule has 0 bridgehead atoms. The Morgan fingerprint density at radius 3 is 2.61 bits per heavy atom. The van der Waals surface area contributed by atoms with Gasteiger partial charge < -0.3 is 10.4 Å². The molecular formula is C18H22F3N5O3S2. The van der Waals surface area contributed by atoms with Crippen LogP contribution in [0.5, 0.6) is 0 Å². The zero-order chi connectivity index (χ0) is 23.4. The first kappa shape index (κ1) is 23.6. The number of hydrogen-bond donors (Lipinski definition) is 3. The van der Waals surface area contributed by atoms with Crippen LogP contribution in [0.2, 0.25) is 0 Å². The molecule has 13 heteroatoms. The summed E-state index contributed by atoms with van der Waals surface area (Å²) in [5.74, 6) is -0.114. The lowest BCUT2D eigenvalue weighted by molar-refractivity contribution is -0.141. The summed E-state index contributed by atoms with van der Waals surface area (Å²) >= 11 is 0.830. The van der Waals surface area contributed by atoms with Crippen molar-refractivity contribution in [3.05, 3.63) is 33.7 Å². The lowest BCUT2D eigenvalue weighted by atomic mass is 9.99. The van der Waals surface area contributed by atoms with E-state index >= 15 is 0 Å². The zero-order valence-electron chi connectivity index (χ0n) is 17.2. The number of halogens is 3. The molecule has 2 atom stereocenters. The van der Waals surface area contributed by atoms with Crippen molar-refractivity contribution < 1.29 is 27.3 Å². The molecule has 0 fully saturated rings. The van der Waals surface area contributed by atoms with E-state index in [4.69, 9.17) is 5.14 Å². The molecule has 2 aromatic rings. The van der Waals surface area contributed by atoms with E-state index < -0.39 is 33.4 Å².